The lowest BCUT2D eigenvalue weighted by molar-refractivity contribution is -0.384. The van der Waals surface area contributed by atoms with Crippen molar-refractivity contribution in [2.75, 3.05) is 18.4 Å². The van der Waals surface area contributed by atoms with Gasteiger partial charge in [0.1, 0.15) is 5.02 Å². The third kappa shape index (κ3) is 5.09. The Kier molecular flexibility index (Phi) is 6.73. The number of hydrogen-bond acceptors (Lipinski definition) is 6. The zero-order valence-electron chi connectivity index (χ0n) is 16.6. The minimum atomic E-state index is -3.73. The SMILES string of the molecule is CC(=O)c1ccc(S(=O)(=O)N2CCC(C(=O)Nc3ccc(Cl)c([N+](=O)[O-])c3)CC2)cc1. The van der Waals surface area contributed by atoms with Gasteiger partial charge >= 0.3 is 0 Å². The molecule has 0 saturated carbocycles. The fourth-order valence-electron chi connectivity index (χ4n) is 3.34. The van der Waals surface area contributed by atoms with E-state index < -0.39 is 20.9 Å². The van der Waals surface area contributed by atoms with Crippen LogP contribution in [-0.2, 0) is 14.8 Å². The number of hydrogen-bond donors (Lipinski definition) is 1. The van der Waals surface area contributed by atoms with Crippen LogP contribution < -0.4 is 5.32 Å². The molecule has 0 radical (unpaired) electrons. The second-order valence-corrected chi connectivity index (χ2v) is 9.52. The van der Waals surface area contributed by atoms with Gasteiger partial charge in [-0.3, -0.25) is 19.7 Å². The molecule has 1 saturated heterocycles. The maximum Gasteiger partial charge on any atom is 0.289 e. The molecule has 11 heteroatoms. The van der Waals surface area contributed by atoms with Crippen molar-refractivity contribution in [3.8, 4) is 0 Å². The molecule has 1 aliphatic rings. The number of Topliss-reactive ketones (excluding diaryl/α,β-unsaturated/α-hetero) is 1. The maximum absolute atomic E-state index is 12.8. The monoisotopic (exact) mass is 465 g/mol. The van der Waals surface area contributed by atoms with E-state index in [1.165, 1.54) is 53.7 Å². The van der Waals surface area contributed by atoms with Crippen LogP contribution in [0.15, 0.2) is 47.4 Å². The minimum absolute atomic E-state index is 0.0298. The summed E-state index contributed by atoms with van der Waals surface area (Å²) >= 11 is 5.78. The number of carbonyl (C=O) groups is 2. The number of nitro groups is 1. The quantitative estimate of drug-likeness (QED) is 0.395. The van der Waals surface area contributed by atoms with Crippen LogP contribution in [0.5, 0.6) is 0 Å². The fraction of sp³-hybridized carbons (Fsp3) is 0.300. The molecular weight excluding hydrogens is 446 g/mol. The highest BCUT2D eigenvalue weighted by molar-refractivity contribution is 7.89. The summed E-state index contributed by atoms with van der Waals surface area (Å²) in [4.78, 5) is 34.4. The standard InChI is InChI=1S/C20H20ClN3O6S/c1-13(25)14-2-5-17(6-3-14)31(29,30)23-10-8-15(9-11-23)20(26)22-16-4-7-18(21)19(12-16)24(27)28/h2-7,12,15H,8-11H2,1H3,(H,22,26). The number of halogens is 1. The van der Waals surface area contributed by atoms with Crippen molar-refractivity contribution < 1.29 is 22.9 Å². The highest BCUT2D eigenvalue weighted by Crippen LogP contribution is 2.29. The highest BCUT2D eigenvalue weighted by Gasteiger charge is 2.32. The maximum atomic E-state index is 12.8. The number of ketones is 1. The van der Waals surface area contributed by atoms with Gasteiger partial charge in [-0.05, 0) is 44.0 Å². The second kappa shape index (κ2) is 9.13. The molecule has 1 amide bonds. The number of rotatable bonds is 6. The number of nitrogens with zero attached hydrogens (tertiary/aromatic N) is 2. The highest BCUT2D eigenvalue weighted by atomic mass is 35.5. The van der Waals surface area contributed by atoms with Gasteiger partial charge < -0.3 is 5.32 Å². The number of carbonyl (C=O) groups excluding carboxylic acids is 2. The van der Waals surface area contributed by atoms with Gasteiger partial charge in [0.2, 0.25) is 15.9 Å². The Bertz CT molecular complexity index is 1130. The summed E-state index contributed by atoms with van der Waals surface area (Å²) in [5.41, 5.74) is 0.370. The Morgan fingerprint density at radius 1 is 1.13 bits per heavy atom. The van der Waals surface area contributed by atoms with Gasteiger partial charge in [-0.2, -0.15) is 4.31 Å². The lowest BCUT2D eigenvalue weighted by Gasteiger charge is -2.30. The zero-order valence-corrected chi connectivity index (χ0v) is 18.1. The molecule has 0 aliphatic carbocycles. The van der Waals surface area contributed by atoms with E-state index >= 15 is 0 Å². The van der Waals surface area contributed by atoms with Crippen LogP contribution in [0.4, 0.5) is 11.4 Å². The molecular formula is C20H20ClN3O6S. The normalized spacial score (nSPS) is 15.4. The average Bonchev–Trinajstić information content (AvgIpc) is 2.75. The molecule has 31 heavy (non-hydrogen) atoms. The van der Waals surface area contributed by atoms with Crippen molar-refractivity contribution in [3.05, 3.63) is 63.2 Å². The first-order valence-corrected chi connectivity index (χ1v) is 11.3. The molecule has 0 unspecified atom stereocenters. The van der Waals surface area contributed by atoms with E-state index in [0.29, 0.717) is 18.4 Å². The lowest BCUT2D eigenvalue weighted by atomic mass is 9.97. The molecule has 9 nitrogen and oxygen atoms in total. The van der Waals surface area contributed by atoms with E-state index in [1.54, 1.807) is 0 Å². The number of benzene rings is 2. The molecule has 1 fully saturated rings. The number of amides is 1. The second-order valence-electron chi connectivity index (χ2n) is 7.17. The molecule has 2 aromatic carbocycles. The van der Waals surface area contributed by atoms with Crippen LogP contribution in [0.25, 0.3) is 0 Å². The lowest BCUT2D eigenvalue weighted by Crippen LogP contribution is -2.41. The molecule has 0 bridgehead atoms. The molecule has 0 spiro atoms. The van der Waals surface area contributed by atoms with Crippen molar-refractivity contribution in [1.29, 1.82) is 0 Å². The Hall–Kier alpha value is -2.82. The van der Waals surface area contributed by atoms with Gasteiger partial charge in [0, 0.05) is 36.3 Å². The van der Waals surface area contributed by atoms with Crippen molar-refractivity contribution in [2.24, 2.45) is 5.92 Å². The molecule has 0 atom stereocenters. The first-order valence-electron chi connectivity index (χ1n) is 9.45. The Labute approximate surface area is 184 Å². The first kappa shape index (κ1) is 22.9. The third-order valence-electron chi connectivity index (χ3n) is 5.13. The number of nitro benzene ring substituents is 1. The van der Waals surface area contributed by atoms with Gasteiger partial charge in [0.05, 0.1) is 9.82 Å². The fourth-order valence-corrected chi connectivity index (χ4v) is 5.00. The van der Waals surface area contributed by atoms with Gasteiger partial charge in [0.15, 0.2) is 5.78 Å². The van der Waals surface area contributed by atoms with E-state index in [9.17, 15) is 28.1 Å². The van der Waals surface area contributed by atoms with Crippen LogP contribution in [0.2, 0.25) is 5.02 Å². The van der Waals surface area contributed by atoms with E-state index in [0.717, 1.165) is 0 Å². The average molecular weight is 466 g/mol. The minimum Gasteiger partial charge on any atom is -0.326 e. The Morgan fingerprint density at radius 2 is 1.74 bits per heavy atom. The van der Waals surface area contributed by atoms with Crippen molar-refractivity contribution in [2.45, 2.75) is 24.7 Å². The summed E-state index contributed by atoms with van der Waals surface area (Å²) < 4.78 is 27.0. The summed E-state index contributed by atoms with van der Waals surface area (Å²) in [5.74, 6) is -0.914. The van der Waals surface area contributed by atoms with E-state index in [2.05, 4.69) is 5.32 Å². The summed E-state index contributed by atoms with van der Waals surface area (Å²) in [7, 11) is -3.73. The van der Waals surface area contributed by atoms with Crippen LogP contribution >= 0.6 is 11.6 Å². The van der Waals surface area contributed by atoms with Crippen molar-refractivity contribution in [3.63, 3.8) is 0 Å². The van der Waals surface area contributed by atoms with Crippen LogP contribution in [-0.4, -0.2) is 42.4 Å². The summed E-state index contributed by atoms with van der Waals surface area (Å²) in [5, 5.41) is 13.6. The predicted molar refractivity (Wildman–Crippen MR) is 115 cm³/mol. The molecule has 1 aliphatic heterocycles. The molecule has 1 heterocycles. The summed E-state index contributed by atoms with van der Waals surface area (Å²) in [6.07, 6.45) is 0.624. The number of anilines is 1. The van der Waals surface area contributed by atoms with Gasteiger partial charge in [-0.1, -0.05) is 23.7 Å². The first-order chi connectivity index (χ1) is 14.6. The summed E-state index contributed by atoms with van der Waals surface area (Å²) in [6, 6.07) is 9.74. The number of piperidine rings is 1. The predicted octanol–water partition coefficient (Wildman–Crippen LogP) is 3.49. The van der Waals surface area contributed by atoms with Gasteiger partial charge in [0.25, 0.3) is 5.69 Å². The van der Waals surface area contributed by atoms with Crippen LogP contribution in [0, 0.1) is 16.0 Å². The molecule has 3 rings (SSSR count). The van der Waals surface area contributed by atoms with E-state index in [1.807, 2.05) is 0 Å². The molecule has 1 N–H and O–H groups in total. The largest absolute Gasteiger partial charge is 0.326 e. The van der Waals surface area contributed by atoms with Crippen LogP contribution in [0.3, 0.4) is 0 Å². The summed E-state index contributed by atoms with van der Waals surface area (Å²) in [6.45, 7) is 1.73. The number of nitrogens with one attached hydrogen (secondary N) is 1. The number of sulfonamides is 1. The molecule has 164 valence electrons. The Morgan fingerprint density at radius 3 is 2.29 bits per heavy atom. The van der Waals surface area contributed by atoms with Gasteiger partial charge in [-0.15, -0.1) is 0 Å². The van der Waals surface area contributed by atoms with E-state index in [4.69, 9.17) is 11.6 Å². The van der Waals surface area contributed by atoms with Crippen LogP contribution in [0.1, 0.15) is 30.1 Å². The van der Waals surface area contributed by atoms with E-state index in [-0.39, 0.29) is 46.1 Å². The van der Waals surface area contributed by atoms with Crippen molar-refractivity contribution in [1.82, 2.24) is 4.31 Å². The molecule has 0 aromatic heterocycles. The van der Waals surface area contributed by atoms with Crippen molar-refractivity contribution >= 4 is 44.7 Å². The molecule has 2 aromatic rings. The third-order valence-corrected chi connectivity index (χ3v) is 7.37. The Balaban J connectivity index is 1.63. The van der Waals surface area contributed by atoms with Gasteiger partial charge in [-0.25, -0.2) is 8.42 Å². The topological polar surface area (TPSA) is 127 Å². The zero-order chi connectivity index (χ0) is 22.8. The smallest absolute Gasteiger partial charge is 0.289 e.